The summed E-state index contributed by atoms with van der Waals surface area (Å²) >= 11 is 0. The Bertz CT molecular complexity index is 343. The predicted molar refractivity (Wildman–Crippen MR) is 83.2 cm³/mol. The second kappa shape index (κ2) is 6.76. The van der Waals surface area contributed by atoms with E-state index in [1.807, 2.05) is 0 Å². The standard InChI is InChI=1S/C15H30N4O/c1-5-16-14(18-13-10-12(13)2)17-6-7-19-8-9-20-15(3,4)11-19/h12-13H,5-11H2,1-4H3,(H2,16,17,18). The van der Waals surface area contributed by atoms with E-state index in [4.69, 9.17) is 4.74 Å². The molecule has 0 aromatic carbocycles. The molecule has 0 spiro atoms. The average molecular weight is 282 g/mol. The lowest BCUT2D eigenvalue weighted by Gasteiger charge is -2.37. The molecule has 2 atom stereocenters. The molecule has 1 heterocycles. The van der Waals surface area contributed by atoms with Crippen molar-refractivity contribution in [2.75, 3.05) is 39.3 Å². The SMILES string of the molecule is CCNC(=NCCN1CCOC(C)(C)C1)NC1CC1C. The van der Waals surface area contributed by atoms with Crippen LogP contribution in [0.5, 0.6) is 0 Å². The van der Waals surface area contributed by atoms with E-state index < -0.39 is 0 Å². The van der Waals surface area contributed by atoms with Crippen LogP contribution in [0.3, 0.4) is 0 Å². The smallest absolute Gasteiger partial charge is 0.191 e. The maximum absolute atomic E-state index is 5.73. The molecule has 2 fully saturated rings. The molecule has 0 amide bonds. The fourth-order valence-corrected chi connectivity index (χ4v) is 2.63. The van der Waals surface area contributed by atoms with Crippen molar-refractivity contribution < 1.29 is 4.74 Å². The molecule has 5 nitrogen and oxygen atoms in total. The molecule has 1 saturated heterocycles. The van der Waals surface area contributed by atoms with E-state index in [0.717, 1.165) is 51.2 Å². The number of ether oxygens (including phenoxy) is 1. The number of aliphatic imine (C=N–C) groups is 1. The van der Waals surface area contributed by atoms with E-state index in [0.29, 0.717) is 6.04 Å². The van der Waals surface area contributed by atoms with E-state index in [1.54, 1.807) is 0 Å². The van der Waals surface area contributed by atoms with Crippen LogP contribution in [-0.2, 0) is 4.74 Å². The van der Waals surface area contributed by atoms with Gasteiger partial charge in [-0.15, -0.1) is 0 Å². The fraction of sp³-hybridized carbons (Fsp3) is 0.933. The summed E-state index contributed by atoms with van der Waals surface area (Å²) in [5.74, 6) is 1.76. The first kappa shape index (κ1) is 15.6. The van der Waals surface area contributed by atoms with Gasteiger partial charge in [0.25, 0.3) is 0 Å². The number of nitrogens with zero attached hydrogens (tertiary/aromatic N) is 2. The van der Waals surface area contributed by atoms with Crippen LogP contribution >= 0.6 is 0 Å². The number of rotatable bonds is 5. The van der Waals surface area contributed by atoms with E-state index in [2.05, 4.69) is 48.2 Å². The van der Waals surface area contributed by atoms with Crippen molar-refractivity contribution in [1.82, 2.24) is 15.5 Å². The van der Waals surface area contributed by atoms with E-state index in [1.165, 1.54) is 6.42 Å². The third kappa shape index (κ3) is 4.94. The third-order valence-electron chi connectivity index (χ3n) is 3.97. The van der Waals surface area contributed by atoms with Crippen molar-refractivity contribution in [3.63, 3.8) is 0 Å². The van der Waals surface area contributed by atoms with E-state index >= 15 is 0 Å². The van der Waals surface area contributed by atoms with Crippen molar-refractivity contribution in [2.45, 2.75) is 45.8 Å². The van der Waals surface area contributed by atoms with Crippen molar-refractivity contribution in [2.24, 2.45) is 10.9 Å². The maximum Gasteiger partial charge on any atom is 0.191 e. The quantitative estimate of drug-likeness (QED) is 0.585. The zero-order valence-electron chi connectivity index (χ0n) is 13.4. The van der Waals surface area contributed by atoms with Crippen LogP contribution in [-0.4, -0.2) is 61.8 Å². The normalized spacial score (nSPS) is 30.1. The Morgan fingerprint density at radius 2 is 2.20 bits per heavy atom. The lowest BCUT2D eigenvalue weighted by molar-refractivity contribution is -0.0850. The number of guanidine groups is 1. The molecule has 0 radical (unpaired) electrons. The van der Waals surface area contributed by atoms with Gasteiger partial charge < -0.3 is 15.4 Å². The first-order valence-electron chi connectivity index (χ1n) is 7.91. The first-order valence-corrected chi connectivity index (χ1v) is 7.91. The summed E-state index contributed by atoms with van der Waals surface area (Å²) in [4.78, 5) is 7.12. The van der Waals surface area contributed by atoms with Gasteiger partial charge in [0, 0.05) is 32.2 Å². The molecular weight excluding hydrogens is 252 g/mol. The monoisotopic (exact) mass is 282 g/mol. The number of morpholine rings is 1. The highest BCUT2D eigenvalue weighted by Gasteiger charge is 2.33. The second-order valence-corrected chi connectivity index (χ2v) is 6.61. The van der Waals surface area contributed by atoms with Crippen LogP contribution in [0, 0.1) is 5.92 Å². The summed E-state index contributed by atoms with van der Waals surface area (Å²) in [5.41, 5.74) is -0.0197. The van der Waals surface area contributed by atoms with Gasteiger partial charge in [-0.3, -0.25) is 9.89 Å². The first-order chi connectivity index (χ1) is 9.50. The molecule has 0 bridgehead atoms. The highest BCUT2D eigenvalue weighted by atomic mass is 16.5. The third-order valence-corrected chi connectivity index (χ3v) is 3.97. The molecular formula is C15H30N4O. The van der Waals surface area contributed by atoms with Crippen molar-refractivity contribution in [3.05, 3.63) is 0 Å². The Labute approximate surface area is 123 Å². The molecule has 2 aliphatic rings. The summed E-state index contributed by atoms with van der Waals surface area (Å²) in [7, 11) is 0. The lowest BCUT2D eigenvalue weighted by Crippen LogP contribution is -2.49. The van der Waals surface area contributed by atoms with Crippen LogP contribution in [0.2, 0.25) is 0 Å². The Morgan fingerprint density at radius 1 is 1.45 bits per heavy atom. The van der Waals surface area contributed by atoms with Gasteiger partial charge in [0.15, 0.2) is 5.96 Å². The minimum absolute atomic E-state index is 0.0197. The molecule has 1 saturated carbocycles. The summed E-state index contributed by atoms with van der Waals surface area (Å²) in [6.07, 6.45) is 1.27. The summed E-state index contributed by atoms with van der Waals surface area (Å²) in [6.45, 7) is 14.3. The van der Waals surface area contributed by atoms with Crippen LogP contribution in [0.1, 0.15) is 34.1 Å². The number of nitrogens with one attached hydrogen (secondary N) is 2. The van der Waals surface area contributed by atoms with Crippen molar-refractivity contribution >= 4 is 5.96 Å². The Balaban J connectivity index is 1.74. The second-order valence-electron chi connectivity index (χ2n) is 6.61. The van der Waals surface area contributed by atoms with Crippen molar-refractivity contribution in [3.8, 4) is 0 Å². The minimum atomic E-state index is -0.0197. The van der Waals surface area contributed by atoms with Crippen LogP contribution < -0.4 is 10.6 Å². The molecule has 2 rings (SSSR count). The highest BCUT2D eigenvalue weighted by molar-refractivity contribution is 5.80. The molecule has 2 N–H and O–H groups in total. The molecule has 116 valence electrons. The molecule has 2 unspecified atom stereocenters. The molecule has 1 aliphatic carbocycles. The summed E-state index contributed by atoms with van der Waals surface area (Å²) in [5, 5.41) is 6.82. The molecule has 5 heteroatoms. The zero-order chi connectivity index (χ0) is 14.6. The largest absolute Gasteiger partial charge is 0.373 e. The topological polar surface area (TPSA) is 48.9 Å². The van der Waals surface area contributed by atoms with Gasteiger partial charge in [-0.25, -0.2) is 0 Å². The molecule has 1 aliphatic heterocycles. The van der Waals surface area contributed by atoms with Gasteiger partial charge in [-0.05, 0) is 33.1 Å². The fourth-order valence-electron chi connectivity index (χ4n) is 2.63. The van der Waals surface area contributed by atoms with Gasteiger partial charge in [-0.1, -0.05) is 6.92 Å². The lowest BCUT2D eigenvalue weighted by atomic mass is 10.1. The highest BCUT2D eigenvalue weighted by Crippen LogP contribution is 2.28. The Kier molecular flexibility index (Phi) is 5.27. The van der Waals surface area contributed by atoms with Gasteiger partial charge >= 0.3 is 0 Å². The van der Waals surface area contributed by atoms with Crippen molar-refractivity contribution in [1.29, 1.82) is 0 Å². The van der Waals surface area contributed by atoms with E-state index in [9.17, 15) is 0 Å². The number of hydrogen-bond donors (Lipinski definition) is 2. The molecule has 0 aromatic heterocycles. The summed E-state index contributed by atoms with van der Waals surface area (Å²) in [6, 6.07) is 0.620. The number of hydrogen-bond acceptors (Lipinski definition) is 3. The van der Waals surface area contributed by atoms with Crippen LogP contribution in [0.25, 0.3) is 0 Å². The maximum atomic E-state index is 5.73. The molecule has 20 heavy (non-hydrogen) atoms. The minimum Gasteiger partial charge on any atom is -0.373 e. The van der Waals surface area contributed by atoms with Gasteiger partial charge in [0.2, 0.25) is 0 Å². The van der Waals surface area contributed by atoms with Crippen LogP contribution in [0.4, 0.5) is 0 Å². The van der Waals surface area contributed by atoms with Gasteiger partial charge in [0.1, 0.15) is 0 Å². The van der Waals surface area contributed by atoms with Gasteiger partial charge in [-0.2, -0.15) is 0 Å². The van der Waals surface area contributed by atoms with Gasteiger partial charge in [0.05, 0.1) is 18.8 Å². The zero-order valence-corrected chi connectivity index (χ0v) is 13.4. The molecule has 0 aromatic rings. The average Bonchev–Trinajstić information content (AvgIpc) is 3.04. The summed E-state index contributed by atoms with van der Waals surface area (Å²) < 4.78 is 5.73. The van der Waals surface area contributed by atoms with E-state index in [-0.39, 0.29) is 5.60 Å². The Hall–Kier alpha value is -0.810. The Morgan fingerprint density at radius 3 is 2.80 bits per heavy atom. The van der Waals surface area contributed by atoms with Crippen LogP contribution in [0.15, 0.2) is 4.99 Å². The predicted octanol–water partition coefficient (Wildman–Crippen LogP) is 1.06.